The SMILES string of the molecule is N[C@@H](CC1CC1)c1cc(F)ccc1C(F)(F)F. The van der Waals surface area contributed by atoms with Gasteiger partial charge in [-0.05, 0) is 36.1 Å². The Morgan fingerprint density at radius 3 is 2.47 bits per heavy atom. The van der Waals surface area contributed by atoms with E-state index in [1.807, 2.05) is 0 Å². The maximum absolute atomic E-state index is 13.0. The molecule has 0 aromatic heterocycles. The maximum atomic E-state index is 13.0. The highest BCUT2D eigenvalue weighted by Gasteiger charge is 2.36. The van der Waals surface area contributed by atoms with E-state index < -0.39 is 23.6 Å². The Kier molecular flexibility index (Phi) is 3.12. The van der Waals surface area contributed by atoms with Crippen LogP contribution in [0.4, 0.5) is 17.6 Å². The summed E-state index contributed by atoms with van der Waals surface area (Å²) in [5.74, 6) is -0.284. The highest BCUT2D eigenvalue weighted by atomic mass is 19.4. The fourth-order valence-corrected chi connectivity index (χ4v) is 1.94. The maximum Gasteiger partial charge on any atom is 0.416 e. The van der Waals surface area contributed by atoms with E-state index in [1.165, 1.54) is 0 Å². The molecule has 2 N–H and O–H groups in total. The van der Waals surface area contributed by atoms with E-state index >= 15 is 0 Å². The van der Waals surface area contributed by atoms with Crippen molar-refractivity contribution < 1.29 is 17.6 Å². The summed E-state index contributed by atoms with van der Waals surface area (Å²) in [6.07, 6.45) is -1.98. The van der Waals surface area contributed by atoms with Crippen molar-refractivity contribution in [3.63, 3.8) is 0 Å². The zero-order chi connectivity index (χ0) is 12.6. The number of halogens is 4. The van der Waals surface area contributed by atoms with Crippen molar-refractivity contribution in [2.24, 2.45) is 11.7 Å². The van der Waals surface area contributed by atoms with E-state index in [0.29, 0.717) is 12.3 Å². The quantitative estimate of drug-likeness (QED) is 0.811. The second kappa shape index (κ2) is 4.29. The Morgan fingerprint density at radius 2 is 1.94 bits per heavy atom. The predicted molar refractivity (Wildman–Crippen MR) is 55.7 cm³/mol. The lowest BCUT2D eigenvalue weighted by molar-refractivity contribution is -0.138. The number of benzene rings is 1. The molecule has 0 amide bonds. The molecule has 17 heavy (non-hydrogen) atoms. The molecule has 2 rings (SSSR count). The molecule has 94 valence electrons. The molecule has 0 spiro atoms. The number of hydrogen-bond donors (Lipinski definition) is 1. The zero-order valence-corrected chi connectivity index (χ0v) is 9.10. The minimum absolute atomic E-state index is 0.135. The Balaban J connectivity index is 2.31. The number of alkyl halides is 3. The summed E-state index contributed by atoms with van der Waals surface area (Å²) >= 11 is 0. The fraction of sp³-hybridized carbons (Fsp3) is 0.500. The summed E-state index contributed by atoms with van der Waals surface area (Å²) in [5.41, 5.74) is 4.77. The summed E-state index contributed by atoms with van der Waals surface area (Å²) in [4.78, 5) is 0. The standard InChI is InChI=1S/C12H13F4N/c13-8-3-4-10(12(14,15)16)9(6-8)11(17)5-7-1-2-7/h3-4,6-7,11H,1-2,5,17H2/t11-/m0/s1. The van der Waals surface area contributed by atoms with Crippen LogP contribution in [0.5, 0.6) is 0 Å². The molecular formula is C12H13F4N. The first-order chi connectivity index (χ1) is 7.88. The van der Waals surface area contributed by atoms with Gasteiger partial charge in [-0.3, -0.25) is 0 Å². The monoisotopic (exact) mass is 247 g/mol. The molecule has 1 saturated carbocycles. The average molecular weight is 247 g/mol. The largest absolute Gasteiger partial charge is 0.416 e. The fourth-order valence-electron chi connectivity index (χ4n) is 1.94. The summed E-state index contributed by atoms with van der Waals surface area (Å²) in [7, 11) is 0. The van der Waals surface area contributed by atoms with Crippen molar-refractivity contribution in [2.75, 3.05) is 0 Å². The predicted octanol–water partition coefficient (Wildman–Crippen LogP) is 3.64. The Hall–Kier alpha value is -1.10. The lowest BCUT2D eigenvalue weighted by Gasteiger charge is -2.18. The molecule has 0 saturated heterocycles. The van der Waals surface area contributed by atoms with Gasteiger partial charge in [-0.2, -0.15) is 13.2 Å². The molecule has 1 aliphatic carbocycles. The highest BCUT2D eigenvalue weighted by Crippen LogP contribution is 2.40. The van der Waals surface area contributed by atoms with Crippen molar-refractivity contribution >= 4 is 0 Å². The molecule has 1 aliphatic rings. The molecule has 1 aromatic carbocycles. The first kappa shape index (κ1) is 12.4. The van der Waals surface area contributed by atoms with Crippen LogP contribution < -0.4 is 5.73 Å². The van der Waals surface area contributed by atoms with Crippen LogP contribution in [0.15, 0.2) is 18.2 Å². The molecule has 0 heterocycles. The van der Waals surface area contributed by atoms with E-state index in [4.69, 9.17) is 5.73 Å². The second-order valence-electron chi connectivity index (χ2n) is 4.51. The van der Waals surface area contributed by atoms with Crippen molar-refractivity contribution in [1.82, 2.24) is 0 Å². The molecule has 0 radical (unpaired) electrons. The van der Waals surface area contributed by atoms with Gasteiger partial charge in [-0.25, -0.2) is 4.39 Å². The molecule has 1 aromatic rings. The third-order valence-electron chi connectivity index (χ3n) is 3.00. The van der Waals surface area contributed by atoms with Gasteiger partial charge >= 0.3 is 6.18 Å². The Bertz CT molecular complexity index is 409. The number of hydrogen-bond acceptors (Lipinski definition) is 1. The van der Waals surface area contributed by atoms with E-state index in [1.54, 1.807) is 0 Å². The van der Waals surface area contributed by atoms with E-state index in [9.17, 15) is 17.6 Å². The smallest absolute Gasteiger partial charge is 0.324 e. The third kappa shape index (κ3) is 2.97. The zero-order valence-electron chi connectivity index (χ0n) is 9.10. The third-order valence-corrected chi connectivity index (χ3v) is 3.00. The van der Waals surface area contributed by atoms with Crippen molar-refractivity contribution in [3.8, 4) is 0 Å². The summed E-state index contributed by atoms with van der Waals surface area (Å²) in [5, 5.41) is 0. The van der Waals surface area contributed by atoms with E-state index in [2.05, 4.69) is 0 Å². The Labute approximate surface area is 96.6 Å². The molecule has 1 fully saturated rings. The Morgan fingerprint density at radius 1 is 1.29 bits per heavy atom. The first-order valence-electron chi connectivity index (χ1n) is 5.50. The minimum atomic E-state index is -4.48. The van der Waals surface area contributed by atoms with E-state index in [0.717, 1.165) is 31.0 Å². The van der Waals surface area contributed by atoms with Gasteiger partial charge in [0.1, 0.15) is 5.82 Å². The summed E-state index contributed by atoms with van der Waals surface area (Å²) in [6.45, 7) is 0. The second-order valence-corrected chi connectivity index (χ2v) is 4.51. The van der Waals surface area contributed by atoms with Gasteiger partial charge < -0.3 is 5.73 Å². The summed E-state index contributed by atoms with van der Waals surface area (Å²) < 4.78 is 51.2. The molecule has 0 aliphatic heterocycles. The van der Waals surface area contributed by atoms with Gasteiger partial charge in [0, 0.05) is 6.04 Å². The molecule has 0 unspecified atom stereocenters. The van der Waals surface area contributed by atoms with Gasteiger partial charge in [0.15, 0.2) is 0 Å². The van der Waals surface area contributed by atoms with Crippen LogP contribution in [0.3, 0.4) is 0 Å². The molecule has 1 nitrogen and oxygen atoms in total. The van der Waals surface area contributed by atoms with Gasteiger partial charge in [-0.1, -0.05) is 12.8 Å². The minimum Gasteiger partial charge on any atom is -0.324 e. The molecule has 1 atom stereocenters. The van der Waals surface area contributed by atoms with Gasteiger partial charge in [0.05, 0.1) is 5.56 Å². The van der Waals surface area contributed by atoms with Gasteiger partial charge in [0.25, 0.3) is 0 Å². The topological polar surface area (TPSA) is 26.0 Å². The number of rotatable bonds is 3. The van der Waals surface area contributed by atoms with Crippen LogP contribution in [0.25, 0.3) is 0 Å². The van der Waals surface area contributed by atoms with Crippen LogP contribution in [0.1, 0.15) is 36.4 Å². The molecular weight excluding hydrogens is 234 g/mol. The lowest BCUT2D eigenvalue weighted by Crippen LogP contribution is -2.18. The number of nitrogens with two attached hydrogens (primary N) is 1. The van der Waals surface area contributed by atoms with Crippen LogP contribution in [0, 0.1) is 11.7 Å². The molecule has 5 heteroatoms. The van der Waals surface area contributed by atoms with Crippen LogP contribution in [-0.2, 0) is 6.18 Å². The molecule has 0 bridgehead atoms. The van der Waals surface area contributed by atoms with Crippen molar-refractivity contribution in [1.29, 1.82) is 0 Å². The van der Waals surface area contributed by atoms with Crippen molar-refractivity contribution in [3.05, 3.63) is 35.1 Å². The summed E-state index contributed by atoms with van der Waals surface area (Å²) in [6, 6.07) is 1.73. The van der Waals surface area contributed by atoms with Crippen LogP contribution >= 0.6 is 0 Å². The highest BCUT2D eigenvalue weighted by molar-refractivity contribution is 5.33. The van der Waals surface area contributed by atoms with Crippen LogP contribution in [0.2, 0.25) is 0 Å². The van der Waals surface area contributed by atoms with E-state index in [-0.39, 0.29) is 5.56 Å². The van der Waals surface area contributed by atoms with Crippen molar-refractivity contribution in [2.45, 2.75) is 31.5 Å². The van der Waals surface area contributed by atoms with Gasteiger partial charge in [-0.15, -0.1) is 0 Å². The van der Waals surface area contributed by atoms with Crippen LogP contribution in [-0.4, -0.2) is 0 Å². The van der Waals surface area contributed by atoms with Gasteiger partial charge in [0.2, 0.25) is 0 Å². The normalized spacial score (nSPS) is 18.2. The average Bonchev–Trinajstić information content (AvgIpc) is 2.99. The first-order valence-corrected chi connectivity index (χ1v) is 5.50. The lowest BCUT2D eigenvalue weighted by atomic mass is 9.96.